The van der Waals surface area contributed by atoms with Crippen molar-refractivity contribution < 1.29 is 9.47 Å². The highest BCUT2D eigenvalue weighted by Crippen LogP contribution is 2.56. The Labute approximate surface area is 478 Å². The fourth-order valence-electron chi connectivity index (χ4n) is 13.0. The second kappa shape index (κ2) is 29.9. The second-order valence-corrected chi connectivity index (χ2v) is 23.4. The van der Waals surface area contributed by atoms with Gasteiger partial charge in [0, 0.05) is 5.41 Å². The lowest BCUT2D eigenvalue weighted by Crippen LogP contribution is -2.25. The third-order valence-electron chi connectivity index (χ3n) is 17.5. The van der Waals surface area contributed by atoms with Gasteiger partial charge in [-0.15, -0.1) is 0 Å². The molecule has 0 spiro atoms. The molecule has 0 bridgehead atoms. The Morgan fingerprint density at radius 1 is 0.304 bits per heavy atom. The molecule has 0 N–H and O–H groups in total. The van der Waals surface area contributed by atoms with E-state index in [-0.39, 0.29) is 5.41 Å². The van der Waals surface area contributed by atoms with Crippen molar-refractivity contribution in [1.29, 1.82) is 0 Å². The van der Waals surface area contributed by atoms with E-state index in [0.717, 1.165) is 29.9 Å². The summed E-state index contributed by atoms with van der Waals surface area (Å²) in [5.41, 5.74) is 21.2. The molecule has 414 valence electrons. The summed E-state index contributed by atoms with van der Waals surface area (Å²) in [6, 6.07) is 58.1. The van der Waals surface area contributed by atoms with E-state index >= 15 is 0 Å². The molecule has 0 amide bonds. The minimum absolute atomic E-state index is 0.0355. The fraction of sp³-hybridized carbons (Fsp3) is 0.429. The normalized spacial score (nSPS) is 13.3. The molecule has 7 aromatic rings. The molecule has 2 aliphatic rings. The van der Waals surface area contributed by atoms with E-state index in [1.54, 1.807) is 11.1 Å². The lowest BCUT2D eigenvalue weighted by atomic mass is 9.70. The molecule has 0 saturated carbocycles. The van der Waals surface area contributed by atoms with Gasteiger partial charge in [0.2, 0.25) is 0 Å². The maximum absolute atomic E-state index is 6.70. The number of benzene rings is 7. The Balaban J connectivity index is 1.10. The molecule has 0 aromatic heterocycles. The van der Waals surface area contributed by atoms with Gasteiger partial charge in [0.15, 0.2) is 11.5 Å². The highest BCUT2D eigenvalue weighted by atomic mass is 16.5. The molecule has 79 heavy (non-hydrogen) atoms. The third kappa shape index (κ3) is 14.6. The minimum Gasteiger partial charge on any atom is -0.490 e. The average Bonchev–Trinajstić information content (AvgIpc) is 3.99. The number of hydrogen-bond acceptors (Lipinski definition) is 2. The first kappa shape index (κ1) is 57.6. The lowest BCUT2D eigenvalue weighted by Gasteiger charge is -2.33. The smallest absolute Gasteiger partial charge is 0.161 e. The quantitative estimate of drug-likeness (QED) is 0.0374. The molecule has 7 aromatic carbocycles. The van der Waals surface area contributed by atoms with Crippen molar-refractivity contribution in [3.05, 3.63) is 179 Å². The van der Waals surface area contributed by atoms with Gasteiger partial charge in [0.05, 0.1) is 13.2 Å². The minimum atomic E-state index is -0.0355. The molecule has 0 unspecified atom stereocenters. The van der Waals surface area contributed by atoms with Crippen LogP contribution in [-0.4, -0.2) is 13.2 Å². The van der Waals surface area contributed by atoms with Crippen LogP contribution in [0.2, 0.25) is 0 Å². The summed E-state index contributed by atoms with van der Waals surface area (Å²) in [6.07, 6.45) is 35.4. The van der Waals surface area contributed by atoms with Gasteiger partial charge >= 0.3 is 0 Å². The van der Waals surface area contributed by atoms with Crippen molar-refractivity contribution in [3.8, 4) is 67.1 Å². The van der Waals surface area contributed by atoms with E-state index in [1.807, 2.05) is 0 Å². The standard InChI is InChI=1S/C77H94O2/c1-5-9-13-17-21-31-49-77(50-32-22-18-14-10-6-2)73-57-64(61-37-29-26-30-38-61)42-46-68(73)69-47-43-65(58-74(69)77)63-41-45-67-66-44-40-62(60-35-27-25-28-36-60)55-71(66)70(72(67)56-63)53-59-39-48-75(78-51-33-23-19-15-11-7-3)76(54-59)79-52-34-24-20-16-12-8-4/h25-30,35-48,53-58H,5-24,31-34,49-52H2,1-4H3/b70-53-. The molecule has 0 radical (unpaired) electrons. The van der Waals surface area contributed by atoms with Crippen LogP contribution in [0.15, 0.2) is 152 Å². The van der Waals surface area contributed by atoms with Crippen LogP contribution >= 0.6 is 0 Å². The summed E-state index contributed by atoms with van der Waals surface area (Å²) in [5, 5.41) is 0. The van der Waals surface area contributed by atoms with Gasteiger partial charge in [-0.3, -0.25) is 0 Å². The number of hydrogen-bond donors (Lipinski definition) is 0. The highest BCUT2D eigenvalue weighted by molar-refractivity contribution is 6.08. The molecule has 9 rings (SSSR count). The predicted octanol–water partition coefficient (Wildman–Crippen LogP) is 23.5. The van der Waals surface area contributed by atoms with Gasteiger partial charge in [-0.2, -0.15) is 0 Å². The Morgan fingerprint density at radius 2 is 0.684 bits per heavy atom. The largest absolute Gasteiger partial charge is 0.490 e. The van der Waals surface area contributed by atoms with Crippen LogP contribution in [0, 0.1) is 0 Å². The third-order valence-corrected chi connectivity index (χ3v) is 17.5. The van der Waals surface area contributed by atoms with Crippen molar-refractivity contribution in [1.82, 2.24) is 0 Å². The lowest BCUT2D eigenvalue weighted by molar-refractivity contribution is 0.258. The van der Waals surface area contributed by atoms with Crippen LogP contribution in [0.5, 0.6) is 11.5 Å². The fourth-order valence-corrected chi connectivity index (χ4v) is 13.0. The first-order valence-electron chi connectivity index (χ1n) is 31.9. The maximum Gasteiger partial charge on any atom is 0.161 e. The summed E-state index contributed by atoms with van der Waals surface area (Å²) in [6.45, 7) is 10.7. The zero-order chi connectivity index (χ0) is 54.5. The summed E-state index contributed by atoms with van der Waals surface area (Å²) in [5.74, 6) is 1.72. The van der Waals surface area contributed by atoms with Gasteiger partial charge in [-0.05, 0) is 157 Å². The van der Waals surface area contributed by atoms with Crippen LogP contribution < -0.4 is 9.47 Å². The van der Waals surface area contributed by atoms with Gasteiger partial charge in [0.25, 0.3) is 0 Å². The first-order chi connectivity index (χ1) is 39.0. The summed E-state index contributed by atoms with van der Waals surface area (Å²) >= 11 is 0. The van der Waals surface area contributed by atoms with E-state index < -0.39 is 0 Å². The van der Waals surface area contributed by atoms with Crippen molar-refractivity contribution in [2.45, 2.75) is 200 Å². The molecule has 0 heterocycles. The van der Waals surface area contributed by atoms with Crippen LogP contribution in [0.1, 0.15) is 222 Å². The number of ether oxygens (including phenoxy) is 2. The zero-order valence-electron chi connectivity index (χ0n) is 49.1. The molecule has 0 saturated heterocycles. The first-order valence-corrected chi connectivity index (χ1v) is 31.9. The summed E-state index contributed by atoms with van der Waals surface area (Å²) < 4.78 is 13.2. The van der Waals surface area contributed by atoms with Gasteiger partial charge in [-0.25, -0.2) is 0 Å². The number of unbranched alkanes of at least 4 members (excludes halogenated alkanes) is 20. The van der Waals surface area contributed by atoms with Gasteiger partial charge in [-0.1, -0.05) is 284 Å². The van der Waals surface area contributed by atoms with Crippen molar-refractivity contribution in [3.63, 3.8) is 0 Å². The molecular formula is C77H94O2. The van der Waals surface area contributed by atoms with Crippen LogP contribution in [0.4, 0.5) is 0 Å². The molecule has 0 aliphatic heterocycles. The Morgan fingerprint density at radius 3 is 1.15 bits per heavy atom. The Hall–Kier alpha value is -6.12. The molecule has 2 aliphatic carbocycles. The zero-order valence-corrected chi connectivity index (χ0v) is 49.1. The Kier molecular flexibility index (Phi) is 21.8. The van der Waals surface area contributed by atoms with E-state index in [2.05, 4.69) is 185 Å². The molecule has 2 nitrogen and oxygen atoms in total. The topological polar surface area (TPSA) is 18.5 Å². The van der Waals surface area contributed by atoms with Crippen molar-refractivity contribution >= 4 is 11.6 Å². The monoisotopic (exact) mass is 1050 g/mol. The highest BCUT2D eigenvalue weighted by Gasteiger charge is 2.43. The average molecular weight is 1050 g/mol. The molecule has 0 fully saturated rings. The maximum atomic E-state index is 6.70. The number of rotatable bonds is 34. The van der Waals surface area contributed by atoms with Crippen LogP contribution in [-0.2, 0) is 5.41 Å². The van der Waals surface area contributed by atoms with Crippen molar-refractivity contribution in [2.24, 2.45) is 0 Å². The summed E-state index contributed by atoms with van der Waals surface area (Å²) in [4.78, 5) is 0. The van der Waals surface area contributed by atoms with E-state index in [4.69, 9.17) is 9.47 Å². The van der Waals surface area contributed by atoms with Gasteiger partial charge < -0.3 is 9.47 Å². The molecule has 2 heteroatoms. The molecular weight excluding hydrogens is 957 g/mol. The van der Waals surface area contributed by atoms with E-state index in [1.165, 1.54) is 226 Å². The van der Waals surface area contributed by atoms with Gasteiger partial charge in [0.1, 0.15) is 0 Å². The SMILES string of the molecule is CCCCCCCCOc1ccc(/C=C2/c3cc(-c4ccccc4)ccc3-c3ccc(-c4ccc5c(c4)C(CCCCCCCC)(CCCCCCCC)c4cc(-c6ccccc6)ccc4-5)cc32)cc1OCCCCCCCC. The Bertz CT molecular complexity index is 3000. The van der Waals surface area contributed by atoms with Crippen molar-refractivity contribution in [2.75, 3.05) is 13.2 Å². The molecule has 0 atom stereocenters. The van der Waals surface area contributed by atoms with E-state index in [9.17, 15) is 0 Å². The predicted molar refractivity (Wildman–Crippen MR) is 342 cm³/mol. The summed E-state index contributed by atoms with van der Waals surface area (Å²) in [7, 11) is 0. The second-order valence-electron chi connectivity index (χ2n) is 23.4. The number of fused-ring (bicyclic) bond motifs is 6. The van der Waals surface area contributed by atoms with Crippen LogP contribution in [0.3, 0.4) is 0 Å². The van der Waals surface area contributed by atoms with E-state index in [0.29, 0.717) is 13.2 Å². The van der Waals surface area contributed by atoms with Crippen LogP contribution in [0.25, 0.3) is 67.3 Å².